The van der Waals surface area contributed by atoms with Gasteiger partial charge in [0.2, 0.25) is 5.91 Å². The minimum Gasteiger partial charge on any atom is -0.381 e. The molecule has 3 heterocycles. The van der Waals surface area contributed by atoms with Gasteiger partial charge in [0.1, 0.15) is 10.5 Å². The van der Waals surface area contributed by atoms with E-state index in [2.05, 4.69) is 64.8 Å². The number of amides is 1. The van der Waals surface area contributed by atoms with Gasteiger partial charge in [0.25, 0.3) is 0 Å². The summed E-state index contributed by atoms with van der Waals surface area (Å²) < 4.78 is 29.6. The summed E-state index contributed by atoms with van der Waals surface area (Å²) in [6.45, 7) is 2.60. The third kappa shape index (κ3) is 6.53. The van der Waals surface area contributed by atoms with Crippen molar-refractivity contribution in [2.75, 3.05) is 42.7 Å². The Labute approximate surface area is 269 Å². The quantitative estimate of drug-likeness (QED) is 0.333. The molecule has 0 unspecified atom stereocenters. The lowest BCUT2D eigenvalue weighted by Gasteiger charge is -2.31. The van der Waals surface area contributed by atoms with E-state index >= 15 is 0 Å². The number of aromatic nitrogens is 1. The third-order valence-corrected chi connectivity index (χ3v) is 12.9. The molecule has 10 heteroatoms. The van der Waals surface area contributed by atoms with E-state index in [1.165, 1.54) is 5.56 Å². The summed E-state index contributed by atoms with van der Waals surface area (Å²) in [5, 5.41) is 13.7. The van der Waals surface area contributed by atoms with E-state index in [1.54, 1.807) is 11.3 Å². The van der Waals surface area contributed by atoms with Crippen LogP contribution in [0.5, 0.6) is 0 Å². The van der Waals surface area contributed by atoms with Gasteiger partial charge in [-0.15, -0.1) is 11.3 Å². The smallest absolute Gasteiger partial charge is 0.225 e. The summed E-state index contributed by atoms with van der Waals surface area (Å²) in [7, 11) is -2.95. The number of anilines is 1. The first-order valence-electron chi connectivity index (χ1n) is 16.3. The van der Waals surface area contributed by atoms with E-state index in [4.69, 9.17) is 9.72 Å². The SMILES string of the molecule is N#CC1(NC(=O)[C@@H]2CCCC[C@H]2c2nc(-c3cccc(C4CCOCC4)c3)sc2-c2ccc(N3CCS(=O)(=O)CC3)cc2)CC1. The third-order valence-electron chi connectivity index (χ3n) is 10.1. The number of hydrogen-bond donors (Lipinski definition) is 1. The molecule has 45 heavy (non-hydrogen) atoms. The molecule has 4 aliphatic rings. The molecule has 2 aliphatic carbocycles. The van der Waals surface area contributed by atoms with Crippen LogP contribution >= 0.6 is 11.3 Å². The van der Waals surface area contributed by atoms with E-state index in [1.807, 2.05) is 0 Å². The van der Waals surface area contributed by atoms with Crippen LogP contribution in [-0.2, 0) is 19.4 Å². The lowest BCUT2D eigenvalue weighted by molar-refractivity contribution is -0.127. The predicted molar refractivity (Wildman–Crippen MR) is 177 cm³/mol. The molecule has 2 saturated carbocycles. The minimum absolute atomic E-state index is 0.0174. The topological polar surface area (TPSA) is 112 Å². The molecule has 2 aliphatic heterocycles. The Balaban J connectivity index is 1.24. The number of ether oxygens (including phenoxy) is 1. The molecular weight excluding hydrogens is 605 g/mol. The molecule has 236 valence electrons. The Morgan fingerprint density at radius 2 is 1.73 bits per heavy atom. The highest BCUT2D eigenvalue weighted by atomic mass is 32.2. The van der Waals surface area contributed by atoms with Crippen molar-refractivity contribution in [3.63, 3.8) is 0 Å². The second-order valence-corrected chi connectivity index (χ2v) is 16.4. The van der Waals surface area contributed by atoms with Crippen LogP contribution in [0.4, 0.5) is 5.69 Å². The first-order chi connectivity index (χ1) is 21.8. The molecule has 1 aromatic heterocycles. The van der Waals surface area contributed by atoms with E-state index in [0.29, 0.717) is 19.0 Å². The molecule has 2 aromatic carbocycles. The Morgan fingerprint density at radius 1 is 1.00 bits per heavy atom. The standard InChI is InChI=1S/C35H40N4O4S2/c36-23-35(14-15-35)38-33(40)30-7-2-1-6-29(30)31-32(25-8-10-28(11-9-25)39-16-20-45(41,42)21-17-39)44-34(37-31)27-5-3-4-26(22-27)24-12-18-43-19-13-24/h3-5,8-11,22,24,29-30H,1-2,6-7,12-21H2,(H,38,40)/t29-,30-/m1/s1. The zero-order valence-corrected chi connectivity index (χ0v) is 27.2. The number of nitrogens with zero attached hydrogens (tertiary/aromatic N) is 3. The van der Waals surface area contributed by atoms with Gasteiger partial charge in [0.15, 0.2) is 9.84 Å². The fraction of sp³-hybridized carbons (Fsp3) is 0.514. The van der Waals surface area contributed by atoms with Crippen LogP contribution in [0, 0.1) is 17.2 Å². The van der Waals surface area contributed by atoms with Crippen LogP contribution in [0.15, 0.2) is 48.5 Å². The maximum Gasteiger partial charge on any atom is 0.225 e. The molecular formula is C35H40N4O4S2. The first kappa shape index (κ1) is 30.4. The number of rotatable bonds is 7. The summed E-state index contributed by atoms with van der Waals surface area (Å²) in [5.74, 6) is 0.581. The molecule has 4 fully saturated rings. The zero-order valence-electron chi connectivity index (χ0n) is 25.5. The maximum absolute atomic E-state index is 13.7. The van der Waals surface area contributed by atoms with Crippen molar-refractivity contribution in [3.8, 4) is 27.1 Å². The molecule has 0 spiro atoms. The number of nitrogens with one attached hydrogen (secondary N) is 1. The van der Waals surface area contributed by atoms with Crippen LogP contribution in [-0.4, -0.2) is 62.7 Å². The predicted octanol–water partition coefficient (Wildman–Crippen LogP) is 6.05. The number of hydrogen-bond acceptors (Lipinski definition) is 8. The van der Waals surface area contributed by atoms with Gasteiger partial charge in [-0.3, -0.25) is 4.79 Å². The highest BCUT2D eigenvalue weighted by Crippen LogP contribution is 2.47. The van der Waals surface area contributed by atoms with Crippen molar-refractivity contribution in [2.24, 2.45) is 5.92 Å². The van der Waals surface area contributed by atoms with Crippen molar-refractivity contribution in [1.82, 2.24) is 10.3 Å². The number of sulfone groups is 1. The zero-order chi connectivity index (χ0) is 31.0. The van der Waals surface area contributed by atoms with Gasteiger partial charge in [-0.1, -0.05) is 43.2 Å². The van der Waals surface area contributed by atoms with E-state index < -0.39 is 15.4 Å². The van der Waals surface area contributed by atoms with Crippen molar-refractivity contribution in [1.29, 1.82) is 5.26 Å². The van der Waals surface area contributed by atoms with Gasteiger partial charge >= 0.3 is 0 Å². The molecule has 8 nitrogen and oxygen atoms in total. The number of nitriles is 1. The Hall–Kier alpha value is -3.26. The number of benzene rings is 2. The molecule has 2 saturated heterocycles. The molecule has 1 amide bonds. The number of thiazole rings is 1. The maximum atomic E-state index is 13.7. The molecule has 0 bridgehead atoms. The van der Waals surface area contributed by atoms with E-state index in [0.717, 1.165) is 97.0 Å². The number of carbonyl (C=O) groups excluding carboxylic acids is 1. The van der Waals surface area contributed by atoms with Crippen LogP contribution < -0.4 is 10.2 Å². The van der Waals surface area contributed by atoms with Crippen LogP contribution in [0.25, 0.3) is 21.0 Å². The Kier molecular flexibility index (Phi) is 8.44. The largest absolute Gasteiger partial charge is 0.381 e. The van der Waals surface area contributed by atoms with Crippen molar-refractivity contribution in [2.45, 2.75) is 68.7 Å². The summed E-state index contributed by atoms with van der Waals surface area (Å²) in [5.41, 5.74) is 4.78. The highest BCUT2D eigenvalue weighted by Gasteiger charge is 2.47. The van der Waals surface area contributed by atoms with Gasteiger partial charge in [-0.05, 0) is 73.8 Å². The molecule has 2 atom stereocenters. The van der Waals surface area contributed by atoms with Gasteiger partial charge < -0.3 is 15.0 Å². The molecule has 0 radical (unpaired) electrons. The normalized spacial score (nSPS) is 24.5. The second kappa shape index (κ2) is 12.5. The fourth-order valence-electron chi connectivity index (χ4n) is 7.15. The van der Waals surface area contributed by atoms with Gasteiger partial charge in [-0.2, -0.15) is 5.26 Å². The highest BCUT2D eigenvalue weighted by molar-refractivity contribution is 7.91. The minimum atomic E-state index is -2.95. The van der Waals surface area contributed by atoms with Gasteiger partial charge in [-0.25, -0.2) is 13.4 Å². The van der Waals surface area contributed by atoms with Gasteiger partial charge in [0, 0.05) is 49.4 Å². The Bertz CT molecular complexity index is 1690. The molecule has 7 rings (SSSR count). The summed E-state index contributed by atoms with van der Waals surface area (Å²) in [6, 6.07) is 19.5. The van der Waals surface area contributed by atoms with Crippen LogP contribution in [0.3, 0.4) is 0 Å². The van der Waals surface area contributed by atoms with E-state index in [9.17, 15) is 18.5 Å². The first-order valence-corrected chi connectivity index (χ1v) is 18.9. The summed E-state index contributed by atoms with van der Waals surface area (Å²) in [4.78, 5) is 22.2. The lowest BCUT2D eigenvalue weighted by atomic mass is 9.76. The van der Waals surface area contributed by atoms with Crippen LogP contribution in [0.1, 0.15) is 74.5 Å². The van der Waals surface area contributed by atoms with Gasteiger partial charge in [0.05, 0.1) is 28.1 Å². The van der Waals surface area contributed by atoms with Crippen LogP contribution in [0.2, 0.25) is 0 Å². The monoisotopic (exact) mass is 644 g/mol. The van der Waals surface area contributed by atoms with Crippen molar-refractivity contribution >= 4 is 32.8 Å². The number of carbonyl (C=O) groups is 1. The fourth-order valence-corrected chi connectivity index (χ4v) is 9.49. The molecule has 3 aromatic rings. The van der Waals surface area contributed by atoms with Crippen molar-refractivity contribution in [3.05, 3.63) is 59.8 Å². The van der Waals surface area contributed by atoms with Crippen molar-refractivity contribution < 1.29 is 17.9 Å². The lowest BCUT2D eigenvalue weighted by Crippen LogP contribution is -2.42. The summed E-state index contributed by atoms with van der Waals surface area (Å²) >= 11 is 1.69. The average Bonchev–Trinajstić information content (AvgIpc) is 3.71. The average molecular weight is 645 g/mol. The second-order valence-electron chi connectivity index (χ2n) is 13.1. The van der Waals surface area contributed by atoms with E-state index in [-0.39, 0.29) is 29.2 Å². The summed E-state index contributed by atoms with van der Waals surface area (Å²) in [6.07, 6.45) is 7.20. The molecule has 1 N–H and O–H groups in total. The Morgan fingerprint density at radius 3 is 2.44 bits per heavy atom.